The molecule has 1 saturated heterocycles. The highest BCUT2D eigenvalue weighted by Gasteiger charge is 2.28. The highest BCUT2D eigenvalue weighted by molar-refractivity contribution is 4.86. The van der Waals surface area contributed by atoms with Crippen LogP contribution in [0.1, 0.15) is 51.9 Å². The lowest BCUT2D eigenvalue weighted by Gasteiger charge is -2.40. The predicted molar refractivity (Wildman–Crippen MR) is 69.7 cm³/mol. The van der Waals surface area contributed by atoms with Gasteiger partial charge in [0.25, 0.3) is 0 Å². The number of nitrogens with one attached hydrogen (secondary N) is 1. The van der Waals surface area contributed by atoms with Crippen LogP contribution >= 0.6 is 0 Å². The summed E-state index contributed by atoms with van der Waals surface area (Å²) in [6.07, 6.45) is 10.2. The Balaban J connectivity index is 1.87. The lowest BCUT2D eigenvalue weighted by atomic mass is 9.94. The van der Waals surface area contributed by atoms with Gasteiger partial charge in [0.05, 0.1) is 0 Å². The third-order valence-corrected chi connectivity index (χ3v) is 4.66. The highest BCUT2D eigenvalue weighted by atomic mass is 15.2. The molecule has 0 radical (unpaired) electrons. The number of piperidine rings is 1. The van der Waals surface area contributed by atoms with Crippen molar-refractivity contribution < 1.29 is 0 Å². The van der Waals surface area contributed by atoms with Crippen LogP contribution in [0.4, 0.5) is 0 Å². The first-order valence-corrected chi connectivity index (χ1v) is 7.22. The van der Waals surface area contributed by atoms with Gasteiger partial charge in [0.15, 0.2) is 0 Å². The van der Waals surface area contributed by atoms with Crippen molar-refractivity contribution in [1.82, 2.24) is 10.2 Å². The van der Waals surface area contributed by atoms with Gasteiger partial charge in [0.1, 0.15) is 0 Å². The van der Waals surface area contributed by atoms with E-state index in [0.29, 0.717) is 6.04 Å². The molecule has 1 saturated carbocycles. The van der Waals surface area contributed by atoms with Crippen LogP contribution in [0.5, 0.6) is 0 Å². The van der Waals surface area contributed by atoms with Crippen LogP contribution in [0, 0.1) is 5.92 Å². The Bertz CT molecular complexity index is 199. The van der Waals surface area contributed by atoms with Crippen LogP contribution in [-0.2, 0) is 0 Å². The SMILES string of the molecule is CNC(C)C1CCCCN1CC1CCCC1. The van der Waals surface area contributed by atoms with Crippen molar-refractivity contribution in [2.24, 2.45) is 5.92 Å². The van der Waals surface area contributed by atoms with Gasteiger partial charge in [-0.25, -0.2) is 0 Å². The van der Waals surface area contributed by atoms with Crippen LogP contribution in [0.15, 0.2) is 0 Å². The average molecular weight is 224 g/mol. The fraction of sp³-hybridized carbons (Fsp3) is 1.00. The molecule has 0 amide bonds. The summed E-state index contributed by atoms with van der Waals surface area (Å²) >= 11 is 0. The number of hydrogen-bond acceptors (Lipinski definition) is 2. The van der Waals surface area contributed by atoms with E-state index in [1.807, 2.05) is 0 Å². The zero-order chi connectivity index (χ0) is 11.4. The van der Waals surface area contributed by atoms with Gasteiger partial charge in [0, 0.05) is 18.6 Å². The van der Waals surface area contributed by atoms with Gasteiger partial charge < -0.3 is 5.32 Å². The third-order valence-electron chi connectivity index (χ3n) is 4.66. The van der Waals surface area contributed by atoms with Gasteiger partial charge in [-0.05, 0) is 52.1 Å². The Morgan fingerprint density at radius 3 is 2.50 bits per heavy atom. The van der Waals surface area contributed by atoms with E-state index < -0.39 is 0 Å². The molecule has 2 atom stereocenters. The monoisotopic (exact) mass is 224 g/mol. The smallest absolute Gasteiger partial charge is 0.0246 e. The summed E-state index contributed by atoms with van der Waals surface area (Å²) in [5, 5.41) is 3.45. The molecule has 0 aromatic rings. The van der Waals surface area contributed by atoms with Crippen molar-refractivity contribution >= 4 is 0 Å². The van der Waals surface area contributed by atoms with Crippen LogP contribution in [0.2, 0.25) is 0 Å². The molecule has 1 heterocycles. The maximum atomic E-state index is 3.45. The first-order chi connectivity index (χ1) is 7.81. The van der Waals surface area contributed by atoms with Gasteiger partial charge in [-0.2, -0.15) is 0 Å². The molecule has 1 N–H and O–H groups in total. The molecule has 0 aromatic carbocycles. The molecule has 2 heteroatoms. The Labute approximate surface area is 101 Å². The molecular formula is C14H28N2. The summed E-state index contributed by atoms with van der Waals surface area (Å²) in [6, 6.07) is 1.45. The summed E-state index contributed by atoms with van der Waals surface area (Å²) in [7, 11) is 2.10. The number of likely N-dealkylation sites (N-methyl/N-ethyl adjacent to an activating group) is 1. The van der Waals surface area contributed by atoms with Gasteiger partial charge in [-0.15, -0.1) is 0 Å². The summed E-state index contributed by atoms with van der Waals surface area (Å²) in [5.74, 6) is 1.00. The maximum Gasteiger partial charge on any atom is 0.0246 e. The van der Waals surface area contributed by atoms with Crippen molar-refractivity contribution in [2.75, 3.05) is 20.1 Å². The van der Waals surface area contributed by atoms with Crippen LogP contribution in [0.3, 0.4) is 0 Å². The van der Waals surface area contributed by atoms with E-state index in [2.05, 4.69) is 24.2 Å². The topological polar surface area (TPSA) is 15.3 Å². The first-order valence-electron chi connectivity index (χ1n) is 7.22. The number of likely N-dealkylation sites (tertiary alicyclic amines) is 1. The lowest BCUT2D eigenvalue weighted by molar-refractivity contribution is 0.103. The molecule has 1 aliphatic heterocycles. The second-order valence-corrected chi connectivity index (χ2v) is 5.79. The Hall–Kier alpha value is -0.0800. The molecule has 1 aliphatic carbocycles. The van der Waals surface area contributed by atoms with E-state index >= 15 is 0 Å². The zero-order valence-electron chi connectivity index (χ0n) is 11.0. The van der Waals surface area contributed by atoms with Crippen molar-refractivity contribution in [3.05, 3.63) is 0 Å². The predicted octanol–water partition coefficient (Wildman–Crippen LogP) is 2.64. The molecule has 2 nitrogen and oxygen atoms in total. The number of hydrogen-bond donors (Lipinski definition) is 1. The molecular weight excluding hydrogens is 196 g/mol. The molecule has 2 aliphatic rings. The van der Waals surface area contributed by atoms with Gasteiger partial charge in [0.2, 0.25) is 0 Å². The van der Waals surface area contributed by atoms with Crippen LogP contribution in [0.25, 0.3) is 0 Å². The van der Waals surface area contributed by atoms with E-state index in [1.54, 1.807) is 0 Å². The van der Waals surface area contributed by atoms with E-state index in [0.717, 1.165) is 12.0 Å². The standard InChI is InChI=1S/C14H28N2/c1-12(15-2)14-9-5-6-10-16(14)11-13-7-3-4-8-13/h12-15H,3-11H2,1-2H3. The highest BCUT2D eigenvalue weighted by Crippen LogP contribution is 2.28. The van der Waals surface area contributed by atoms with Crippen molar-refractivity contribution in [1.29, 1.82) is 0 Å². The fourth-order valence-corrected chi connectivity index (χ4v) is 3.53. The zero-order valence-corrected chi connectivity index (χ0v) is 11.0. The normalized spacial score (nSPS) is 30.8. The summed E-state index contributed by atoms with van der Waals surface area (Å²) in [5.41, 5.74) is 0. The number of rotatable bonds is 4. The molecule has 0 bridgehead atoms. The fourth-order valence-electron chi connectivity index (χ4n) is 3.53. The number of nitrogens with zero attached hydrogens (tertiary/aromatic N) is 1. The first kappa shape index (κ1) is 12.4. The summed E-state index contributed by atoms with van der Waals surface area (Å²) in [4.78, 5) is 2.78. The third kappa shape index (κ3) is 2.98. The van der Waals surface area contributed by atoms with Gasteiger partial charge in [-0.3, -0.25) is 4.90 Å². The second kappa shape index (κ2) is 6.02. The van der Waals surface area contributed by atoms with Crippen molar-refractivity contribution in [3.8, 4) is 0 Å². The van der Waals surface area contributed by atoms with Crippen LogP contribution in [-0.4, -0.2) is 37.1 Å². The Morgan fingerprint density at radius 1 is 1.12 bits per heavy atom. The van der Waals surface area contributed by atoms with E-state index in [-0.39, 0.29) is 0 Å². The van der Waals surface area contributed by atoms with E-state index in [1.165, 1.54) is 58.0 Å². The second-order valence-electron chi connectivity index (χ2n) is 5.79. The molecule has 2 rings (SSSR count). The minimum atomic E-state index is 0.654. The molecule has 16 heavy (non-hydrogen) atoms. The summed E-state index contributed by atoms with van der Waals surface area (Å²) in [6.45, 7) is 5.06. The Morgan fingerprint density at radius 2 is 1.81 bits per heavy atom. The average Bonchev–Trinajstić information content (AvgIpc) is 2.82. The van der Waals surface area contributed by atoms with Crippen molar-refractivity contribution in [2.45, 2.75) is 64.0 Å². The van der Waals surface area contributed by atoms with Crippen LogP contribution < -0.4 is 5.32 Å². The molecule has 2 unspecified atom stereocenters. The largest absolute Gasteiger partial charge is 0.316 e. The van der Waals surface area contributed by atoms with Gasteiger partial charge >= 0.3 is 0 Å². The molecule has 0 aromatic heterocycles. The molecule has 94 valence electrons. The quantitative estimate of drug-likeness (QED) is 0.790. The lowest BCUT2D eigenvalue weighted by Crippen LogP contribution is -2.51. The van der Waals surface area contributed by atoms with E-state index in [4.69, 9.17) is 0 Å². The Kier molecular flexibility index (Phi) is 4.66. The molecule has 2 fully saturated rings. The van der Waals surface area contributed by atoms with Gasteiger partial charge in [-0.1, -0.05) is 19.3 Å². The van der Waals surface area contributed by atoms with Crippen molar-refractivity contribution in [3.63, 3.8) is 0 Å². The minimum Gasteiger partial charge on any atom is -0.316 e. The maximum absolute atomic E-state index is 3.45. The summed E-state index contributed by atoms with van der Waals surface area (Å²) < 4.78 is 0. The molecule has 0 spiro atoms. The minimum absolute atomic E-state index is 0.654. The van der Waals surface area contributed by atoms with E-state index in [9.17, 15) is 0 Å².